The van der Waals surface area contributed by atoms with Gasteiger partial charge in [-0.25, -0.2) is 4.98 Å². The molecule has 2 saturated heterocycles. The summed E-state index contributed by atoms with van der Waals surface area (Å²) in [7, 11) is 0. The maximum Gasteiger partial charge on any atom is 0.238 e. The molecule has 0 aliphatic carbocycles. The van der Waals surface area contributed by atoms with E-state index in [4.69, 9.17) is 9.72 Å². The lowest BCUT2D eigenvalue weighted by Gasteiger charge is -2.36. The predicted octanol–water partition coefficient (Wildman–Crippen LogP) is 2.69. The number of carbonyl (C=O) groups is 2. The van der Waals surface area contributed by atoms with E-state index in [2.05, 4.69) is 40.2 Å². The van der Waals surface area contributed by atoms with Crippen LogP contribution in [0, 0.1) is 6.92 Å². The number of aromatic nitrogens is 1. The van der Waals surface area contributed by atoms with Crippen LogP contribution in [0.2, 0.25) is 0 Å². The van der Waals surface area contributed by atoms with E-state index in [1.807, 2.05) is 29.2 Å². The number of amides is 2. The van der Waals surface area contributed by atoms with Gasteiger partial charge in [-0.1, -0.05) is 6.07 Å². The molecular weight excluding hydrogens is 462 g/mol. The molecule has 8 nitrogen and oxygen atoms in total. The lowest BCUT2D eigenvalue weighted by Crippen LogP contribution is -2.53. The summed E-state index contributed by atoms with van der Waals surface area (Å²) in [5, 5.41) is 3.97. The Kier molecular flexibility index (Phi) is 7.38. The molecule has 2 aromatic carbocycles. The molecule has 3 aromatic rings. The van der Waals surface area contributed by atoms with Gasteiger partial charge in [0.1, 0.15) is 5.01 Å². The summed E-state index contributed by atoms with van der Waals surface area (Å²) in [4.78, 5) is 36.1. The number of hydrogen-bond donors (Lipinski definition) is 1. The highest BCUT2D eigenvalue weighted by atomic mass is 32.1. The molecule has 0 bridgehead atoms. The van der Waals surface area contributed by atoms with Gasteiger partial charge in [0.05, 0.1) is 36.5 Å². The average Bonchev–Trinajstić information content (AvgIpc) is 3.29. The second kappa shape index (κ2) is 10.8. The number of hydrogen-bond acceptors (Lipinski definition) is 7. The molecule has 184 valence electrons. The summed E-state index contributed by atoms with van der Waals surface area (Å²) in [6, 6.07) is 14.1. The minimum Gasteiger partial charge on any atom is -0.379 e. The van der Waals surface area contributed by atoms with Crippen molar-refractivity contribution in [2.75, 3.05) is 70.9 Å². The van der Waals surface area contributed by atoms with Crippen molar-refractivity contribution < 1.29 is 14.3 Å². The van der Waals surface area contributed by atoms with Crippen molar-refractivity contribution in [3.8, 4) is 10.6 Å². The fraction of sp³-hybridized carbons (Fsp3) is 0.423. The lowest BCUT2D eigenvalue weighted by atomic mass is 10.2. The van der Waals surface area contributed by atoms with E-state index in [0.717, 1.165) is 34.9 Å². The number of benzene rings is 2. The standard InChI is InChI=1S/C26H31N5O3S/c1-19-2-7-22-23(16-19)35-26(28-22)20-3-5-21(6-4-20)27-24(32)17-29-8-10-31(11-9-29)25(33)18-30-12-14-34-15-13-30/h2-7,16H,8-15,17-18H2,1H3,(H,27,32). The van der Waals surface area contributed by atoms with Gasteiger partial charge in [0.2, 0.25) is 11.8 Å². The molecule has 2 amide bonds. The Morgan fingerprint density at radius 2 is 1.66 bits per heavy atom. The van der Waals surface area contributed by atoms with E-state index < -0.39 is 0 Å². The van der Waals surface area contributed by atoms with E-state index >= 15 is 0 Å². The van der Waals surface area contributed by atoms with Gasteiger partial charge < -0.3 is 15.0 Å². The van der Waals surface area contributed by atoms with Crippen LogP contribution in [0.25, 0.3) is 20.8 Å². The molecule has 0 atom stereocenters. The number of thiazole rings is 1. The molecule has 2 aliphatic heterocycles. The molecule has 1 aromatic heterocycles. The molecular formula is C26H31N5O3S. The van der Waals surface area contributed by atoms with Crippen molar-refractivity contribution in [1.29, 1.82) is 0 Å². The Hall–Kier alpha value is -2.85. The molecule has 2 fully saturated rings. The van der Waals surface area contributed by atoms with E-state index in [1.54, 1.807) is 11.3 Å². The van der Waals surface area contributed by atoms with Crippen LogP contribution in [0.5, 0.6) is 0 Å². The largest absolute Gasteiger partial charge is 0.379 e. The molecule has 3 heterocycles. The van der Waals surface area contributed by atoms with Gasteiger partial charge in [-0.2, -0.15) is 0 Å². The highest BCUT2D eigenvalue weighted by Crippen LogP contribution is 2.31. The number of ether oxygens (including phenoxy) is 1. The van der Waals surface area contributed by atoms with Crippen molar-refractivity contribution in [2.45, 2.75) is 6.92 Å². The Balaban J connectivity index is 1.09. The third-order valence-corrected chi connectivity index (χ3v) is 7.58. The fourth-order valence-corrected chi connectivity index (χ4v) is 5.53. The van der Waals surface area contributed by atoms with Gasteiger partial charge in [0, 0.05) is 50.5 Å². The zero-order valence-corrected chi connectivity index (χ0v) is 20.9. The predicted molar refractivity (Wildman–Crippen MR) is 139 cm³/mol. The van der Waals surface area contributed by atoms with Crippen LogP contribution in [-0.4, -0.2) is 97.1 Å². The Morgan fingerprint density at radius 3 is 2.40 bits per heavy atom. The molecule has 0 radical (unpaired) electrons. The van der Waals surface area contributed by atoms with Crippen LogP contribution < -0.4 is 5.32 Å². The fourth-order valence-electron chi connectivity index (χ4n) is 4.46. The summed E-state index contributed by atoms with van der Waals surface area (Å²) in [6.07, 6.45) is 0. The normalized spacial score (nSPS) is 17.6. The van der Waals surface area contributed by atoms with Gasteiger partial charge in [-0.3, -0.25) is 19.4 Å². The molecule has 9 heteroatoms. The number of carbonyl (C=O) groups excluding carboxylic acids is 2. The van der Waals surface area contributed by atoms with Crippen molar-refractivity contribution in [3.63, 3.8) is 0 Å². The summed E-state index contributed by atoms with van der Waals surface area (Å²) < 4.78 is 6.53. The van der Waals surface area contributed by atoms with Gasteiger partial charge in [-0.05, 0) is 48.9 Å². The molecule has 0 saturated carbocycles. The number of piperazine rings is 1. The number of fused-ring (bicyclic) bond motifs is 1. The van der Waals surface area contributed by atoms with Crippen molar-refractivity contribution >= 4 is 39.1 Å². The van der Waals surface area contributed by atoms with Gasteiger partial charge in [0.25, 0.3) is 0 Å². The second-order valence-corrected chi connectivity index (χ2v) is 10.2. The van der Waals surface area contributed by atoms with Gasteiger partial charge in [0.15, 0.2) is 0 Å². The number of nitrogens with zero attached hydrogens (tertiary/aromatic N) is 4. The number of aryl methyl sites for hydroxylation is 1. The van der Waals surface area contributed by atoms with Gasteiger partial charge in [-0.15, -0.1) is 11.3 Å². The SMILES string of the molecule is Cc1ccc2nc(-c3ccc(NC(=O)CN4CCN(C(=O)CN5CCOCC5)CC4)cc3)sc2c1. The second-order valence-electron chi connectivity index (χ2n) is 9.16. The van der Waals surface area contributed by atoms with E-state index in [-0.39, 0.29) is 11.8 Å². The highest BCUT2D eigenvalue weighted by Gasteiger charge is 2.24. The highest BCUT2D eigenvalue weighted by molar-refractivity contribution is 7.21. The average molecular weight is 494 g/mol. The van der Waals surface area contributed by atoms with Gasteiger partial charge >= 0.3 is 0 Å². The van der Waals surface area contributed by atoms with Crippen LogP contribution in [0.1, 0.15) is 5.56 Å². The number of anilines is 1. The first-order valence-corrected chi connectivity index (χ1v) is 12.9. The first kappa shape index (κ1) is 23.9. The molecule has 5 rings (SSSR count). The molecule has 35 heavy (non-hydrogen) atoms. The zero-order chi connectivity index (χ0) is 24.2. The van der Waals surface area contributed by atoms with Crippen LogP contribution >= 0.6 is 11.3 Å². The summed E-state index contributed by atoms with van der Waals surface area (Å²) in [5.41, 5.74) is 4.05. The van der Waals surface area contributed by atoms with E-state index in [1.165, 1.54) is 10.3 Å². The summed E-state index contributed by atoms with van der Waals surface area (Å²) >= 11 is 1.68. The number of morpholine rings is 1. The molecule has 1 N–H and O–H groups in total. The first-order chi connectivity index (χ1) is 17.0. The Bertz CT molecular complexity index is 1180. The number of rotatable bonds is 6. The van der Waals surface area contributed by atoms with Crippen LogP contribution in [0.3, 0.4) is 0 Å². The summed E-state index contributed by atoms with van der Waals surface area (Å²) in [5.74, 6) is 0.126. The van der Waals surface area contributed by atoms with Crippen molar-refractivity contribution in [2.24, 2.45) is 0 Å². The maximum absolute atomic E-state index is 12.6. The van der Waals surface area contributed by atoms with Crippen molar-refractivity contribution in [1.82, 2.24) is 19.7 Å². The quantitative estimate of drug-likeness (QED) is 0.569. The minimum absolute atomic E-state index is 0.0405. The zero-order valence-electron chi connectivity index (χ0n) is 20.0. The first-order valence-electron chi connectivity index (χ1n) is 12.1. The molecule has 2 aliphatic rings. The number of nitrogens with one attached hydrogen (secondary N) is 1. The summed E-state index contributed by atoms with van der Waals surface area (Å²) in [6.45, 7) is 8.61. The van der Waals surface area contributed by atoms with Crippen molar-refractivity contribution in [3.05, 3.63) is 48.0 Å². The molecule has 0 spiro atoms. The van der Waals surface area contributed by atoms with Crippen LogP contribution in [0.4, 0.5) is 5.69 Å². The molecule has 0 unspecified atom stereocenters. The van der Waals surface area contributed by atoms with Crippen LogP contribution in [0.15, 0.2) is 42.5 Å². The maximum atomic E-state index is 12.6. The smallest absolute Gasteiger partial charge is 0.238 e. The topological polar surface area (TPSA) is 78.0 Å². The van der Waals surface area contributed by atoms with E-state index in [9.17, 15) is 9.59 Å². The minimum atomic E-state index is -0.0405. The Morgan fingerprint density at radius 1 is 0.943 bits per heavy atom. The van der Waals surface area contributed by atoms with Crippen LogP contribution in [-0.2, 0) is 14.3 Å². The lowest BCUT2D eigenvalue weighted by molar-refractivity contribution is -0.135. The third-order valence-electron chi connectivity index (χ3n) is 6.51. The van der Waals surface area contributed by atoms with E-state index in [0.29, 0.717) is 52.5 Å². The Labute approximate surface area is 209 Å². The monoisotopic (exact) mass is 493 g/mol. The third kappa shape index (κ3) is 6.05.